The van der Waals surface area contributed by atoms with Gasteiger partial charge in [0.15, 0.2) is 0 Å². The average molecular weight is 363 g/mol. The molecule has 3 rings (SSSR count). The molecule has 0 fully saturated rings. The summed E-state index contributed by atoms with van der Waals surface area (Å²) in [6.07, 6.45) is -1.32. The maximum Gasteiger partial charge on any atom is 0.455 e. The number of hydrogen-bond acceptors (Lipinski definition) is 4. The fraction of sp³-hybridized carbons (Fsp3) is 0.286. The molecule has 0 bridgehead atoms. The lowest BCUT2D eigenvalue weighted by Gasteiger charge is -2.33. The van der Waals surface area contributed by atoms with Crippen molar-refractivity contribution in [2.24, 2.45) is 0 Å². The molecule has 0 saturated carbocycles. The van der Waals surface area contributed by atoms with Crippen molar-refractivity contribution >= 4 is 16.6 Å². The first-order chi connectivity index (χ1) is 11.6. The molecule has 0 aliphatic carbocycles. The van der Waals surface area contributed by atoms with E-state index in [9.17, 15) is 31.5 Å². The van der Waals surface area contributed by atoms with Gasteiger partial charge >= 0.3 is 12.1 Å². The molecule has 0 spiro atoms. The lowest BCUT2D eigenvalue weighted by atomic mass is 10.1. The minimum absolute atomic E-state index is 0.0773. The van der Waals surface area contributed by atoms with Crippen LogP contribution in [0.2, 0.25) is 0 Å². The maximum absolute atomic E-state index is 13.8. The number of allylic oxidation sites excluding steroid dienone is 2. The summed E-state index contributed by atoms with van der Waals surface area (Å²) in [6.45, 7) is -1.81. The Morgan fingerprint density at radius 1 is 1.16 bits per heavy atom. The molecule has 0 radical (unpaired) electrons. The molecule has 3 heterocycles. The van der Waals surface area contributed by atoms with Gasteiger partial charge in [0.1, 0.15) is 12.4 Å². The Morgan fingerprint density at radius 3 is 2.52 bits per heavy atom. The summed E-state index contributed by atoms with van der Waals surface area (Å²) in [6, 6.07) is 1.20. The van der Waals surface area contributed by atoms with Crippen LogP contribution in [0, 0.1) is 5.21 Å². The highest BCUT2D eigenvalue weighted by Crippen LogP contribution is 2.37. The number of halogens is 6. The van der Waals surface area contributed by atoms with Crippen molar-refractivity contribution in [3.63, 3.8) is 0 Å². The van der Waals surface area contributed by atoms with Crippen molar-refractivity contribution < 1.29 is 26.3 Å². The summed E-state index contributed by atoms with van der Waals surface area (Å²) in [4.78, 5) is 3.80. The zero-order valence-corrected chi connectivity index (χ0v) is 12.3. The SMILES string of the molecule is [O-]N1CC=CC(F)=C1c1cc2cnn(CC(F)(F)C(F)(F)F)c2cn1. The van der Waals surface area contributed by atoms with Gasteiger partial charge in [-0.1, -0.05) is 6.08 Å². The molecule has 2 aromatic rings. The fourth-order valence-electron chi connectivity index (χ4n) is 2.30. The normalized spacial score (nSPS) is 16.2. The van der Waals surface area contributed by atoms with Crippen molar-refractivity contribution in [2.45, 2.75) is 18.6 Å². The third-order valence-corrected chi connectivity index (χ3v) is 3.54. The van der Waals surface area contributed by atoms with E-state index in [2.05, 4.69) is 10.1 Å². The maximum atomic E-state index is 13.8. The number of hydrogen-bond donors (Lipinski definition) is 0. The molecule has 0 atom stereocenters. The summed E-state index contributed by atoms with van der Waals surface area (Å²) in [5.74, 6) is -5.80. The van der Waals surface area contributed by atoms with Crippen molar-refractivity contribution in [1.82, 2.24) is 19.8 Å². The predicted octanol–water partition coefficient (Wildman–Crippen LogP) is 3.64. The van der Waals surface area contributed by atoms with Crippen LogP contribution in [0.15, 0.2) is 36.4 Å². The summed E-state index contributed by atoms with van der Waals surface area (Å²) in [5, 5.41) is 15.7. The Hall–Kier alpha value is -2.56. The monoisotopic (exact) mass is 363 g/mol. The van der Waals surface area contributed by atoms with E-state index in [4.69, 9.17) is 0 Å². The van der Waals surface area contributed by atoms with Crippen LogP contribution in [0.4, 0.5) is 26.3 Å². The van der Waals surface area contributed by atoms with Crippen molar-refractivity contribution in [2.75, 3.05) is 6.54 Å². The standard InChI is InChI=1S/C14H9F6N4O/c15-9-2-1-3-24(25)12(9)10-4-8-5-22-23(11(8)6-21-10)7-13(16,17)14(18,19)20/h1-2,4-6H,3,7H2/q-1. The first kappa shape index (κ1) is 17.3. The lowest BCUT2D eigenvalue weighted by molar-refractivity contribution is -0.287. The largest absolute Gasteiger partial charge is 0.758 e. The van der Waals surface area contributed by atoms with Crippen LogP contribution in [0.25, 0.3) is 16.6 Å². The van der Waals surface area contributed by atoms with Crippen LogP contribution < -0.4 is 0 Å². The van der Waals surface area contributed by atoms with Crippen LogP contribution in [-0.4, -0.2) is 38.5 Å². The molecule has 0 unspecified atom stereocenters. The molecule has 134 valence electrons. The summed E-state index contributed by atoms with van der Waals surface area (Å²) in [5.41, 5.74) is -0.526. The highest BCUT2D eigenvalue weighted by molar-refractivity contribution is 5.82. The van der Waals surface area contributed by atoms with Crippen molar-refractivity contribution in [1.29, 1.82) is 0 Å². The predicted molar refractivity (Wildman–Crippen MR) is 75.8 cm³/mol. The first-order valence-electron chi connectivity index (χ1n) is 6.87. The van der Waals surface area contributed by atoms with Gasteiger partial charge in [0, 0.05) is 11.9 Å². The second-order valence-electron chi connectivity index (χ2n) is 5.29. The number of hydroxylamine groups is 2. The second kappa shape index (κ2) is 5.76. The van der Waals surface area contributed by atoms with E-state index in [1.54, 1.807) is 0 Å². The Morgan fingerprint density at radius 2 is 1.88 bits per heavy atom. The fourth-order valence-corrected chi connectivity index (χ4v) is 2.30. The third kappa shape index (κ3) is 3.06. The Balaban J connectivity index is 1.99. The smallest absolute Gasteiger partial charge is 0.455 e. The van der Waals surface area contributed by atoms with E-state index in [0.717, 1.165) is 18.5 Å². The van der Waals surface area contributed by atoms with Crippen LogP contribution in [0.1, 0.15) is 5.69 Å². The molecule has 11 heteroatoms. The third-order valence-electron chi connectivity index (χ3n) is 3.54. The van der Waals surface area contributed by atoms with Gasteiger partial charge in [0.05, 0.1) is 29.3 Å². The van der Waals surface area contributed by atoms with E-state index < -0.39 is 24.5 Å². The van der Waals surface area contributed by atoms with Gasteiger partial charge in [-0.15, -0.1) is 0 Å². The molecular weight excluding hydrogens is 354 g/mol. The van der Waals surface area contributed by atoms with Gasteiger partial charge in [-0.25, -0.2) is 4.39 Å². The molecule has 0 saturated heterocycles. The van der Waals surface area contributed by atoms with E-state index in [1.165, 1.54) is 12.1 Å². The summed E-state index contributed by atoms with van der Waals surface area (Å²) < 4.78 is 77.6. The second-order valence-corrected chi connectivity index (χ2v) is 5.29. The van der Waals surface area contributed by atoms with Crippen LogP contribution in [0.3, 0.4) is 0 Å². The minimum atomic E-state index is -5.72. The van der Waals surface area contributed by atoms with Crippen molar-refractivity contribution in [3.05, 3.63) is 47.3 Å². The number of alkyl halides is 5. The quantitative estimate of drug-likeness (QED) is 0.782. The topological polar surface area (TPSA) is 57.0 Å². The van der Waals surface area contributed by atoms with E-state index in [0.29, 0.717) is 9.75 Å². The highest BCUT2D eigenvalue weighted by atomic mass is 19.4. The van der Waals surface area contributed by atoms with E-state index in [1.807, 2.05) is 0 Å². The van der Waals surface area contributed by atoms with Gasteiger partial charge in [0.2, 0.25) is 0 Å². The molecule has 0 aromatic carbocycles. The molecule has 1 aliphatic rings. The van der Waals surface area contributed by atoms with Gasteiger partial charge in [-0.05, 0) is 12.1 Å². The number of aromatic nitrogens is 3. The van der Waals surface area contributed by atoms with Gasteiger partial charge in [-0.3, -0.25) is 9.67 Å². The molecular formula is C14H9F6N4O-. The van der Waals surface area contributed by atoms with Crippen LogP contribution >= 0.6 is 0 Å². The van der Waals surface area contributed by atoms with Gasteiger partial charge in [0.25, 0.3) is 0 Å². The zero-order valence-electron chi connectivity index (χ0n) is 12.3. The average Bonchev–Trinajstić information content (AvgIpc) is 2.88. The number of pyridine rings is 1. The first-order valence-corrected chi connectivity index (χ1v) is 6.87. The van der Waals surface area contributed by atoms with Gasteiger partial charge < -0.3 is 10.3 Å². The molecule has 5 nitrogen and oxygen atoms in total. The molecule has 2 aromatic heterocycles. The minimum Gasteiger partial charge on any atom is -0.758 e. The number of fused-ring (bicyclic) bond motifs is 1. The number of rotatable bonds is 3. The summed E-state index contributed by atoms with van der Waals surface area (Å²) in [7, 11) is 0. The Labute approximate surface area is 136 Å². The van der Waals surface area contributed by atoms with E-state index in [-0.39, 0.29) is 28.8 Å². The number of nitrogens with zero attached hydrogens (tertiary/aromatic N) is 4. The highest BCUT2D eigenvalue weighted by Gasteiger charge is 2.57. The lowest BCUT2D eigenvalue weighted by Crippen LogP contribution is -2.40. The zero-order chi connectivity index (χ0) is 18.4. The van der Waals surface area contributed by atoms with Crippen LogP contribution in [-0.2, 0) is 6.54 Å². The van der Waals surface area contributed by atoms with E-state index >= 15 is 0 Å². The molecule has 0 amide bonds. The summed E-state index contributed by atoms with van der Waals surface area (Å²) >= 11 is 0. The van der Waals surface area contributed by atoms with Crippen molar-refractivity contribution in [3.8, 4) is 0 Å². The van der Waals surface area contributed by atoms with Crippen LogP contribution in [0.5, 0.6) is 0 Å². The van der Waals surface area contributed by atoms with Gasteiger partial charge in [-0.2, -0.15) is 27.1 Å². The Kier molecular flexibility index (Phi) is 3.98. The Bertz CT molecular complexity index is 870. The molecule has 1 aliphatic heterocycles. The molecule has 25 heavy (non-hydrogen) atoms. The molecule has 0 N–H and O–H groups in total.